The van der Waals surface area contributed by atoms with Gasteiger partial charge in [-0.25, -0.2) is 0 Å². The highest BCUT2D eigenvalue weighted by Crippen LogP contribution is 2.31. The molecule has 138 valence electrons. The highest BCUT2D eigenvalue weighted by atomic mass is 16.6. The van der Waals surface area contributed by atoms with Crippen LogP contribution in [0.4, 0.5) is 5.69 Å². The van der Waals surface area contributed by atoms with Crippen molar-refractivity contribution >= 4 is 11.6 Å². The minimum Gasteiger partial charge on any atom is -0.486 e. The minimum absolute atomic E-state index is 0.0546. The predicted molar refractivity (Wildman–Crippen MR) is 92.3 cm³/mol. The van der Waals surface area contributed by atoms with E-state index >= 15 is 0 Å². The summed E-state index contributed by atoms with van der Waals surface area (Å²) in [5.74, 6) is 1.12. The lowest BCUT2D eigenvalue weighted by molar-refractivity contribution is -0.386. The molecule has 9 nitrogen and oxygen atoms in total. The molecule has 0 saturated carbocycles. The van der Waals surface area contributed by atoms with E-state index in [0.29, 0.717) is 36.0 Å². The first-order valence-corrected chi connectivity index (χ1v) is 8.17. The fourth-order valence-electron chi connectivity index (χ4n) is 2.91. The summed E-state index contributed by atoms with van der Waals surface area (Å²) < 4.78 is 12.9. The first kappa shape index (κ1) is 17.7. The summed E-state index contributed by atoms with van der Waals surface area (Å²) in [6.07, 6.45) is -0.284. The van der Waals surface area contributed by atoms with Gasteiger partial charge in [0, 0.05) is 7.05 Å². The number of aryl methyl sites for hydroxylation is 1. The Morgan fingerprint density at radius 3 is 2.73 bits per heavy atom. The molecule has 2 heterocycles. The third kappa shape index (κ3) is 3.46. The monoisotopic (exact) mass is 360 g/mol. The fraction of sp³-hybridized carbons (Fsp3) is 0.412. The number of hydrogen-bond donors (Lipinski definition) is 0. The molecule has 2 aromatic rings. The van der Waals surface area contributed by atoms with Gasteiger partial charge in [-0.15, -0.1) is 0 Å². The molecule has 0 spiro atoms. The molecule has 0 N–H and O–H groups in total. The number of carbonyl (C=O) groups is 1. The second-order valence-electron chi connectivity index (χ2n) is 6.21. The number of rotatable bonds is 5. The van der Waals surface area contributed by atoms with Gasteiger partial charge in [-0.05, 0) is 26.0 Å². The fourth-order valence-corrected chi connectivity index (χ4v) is 2.91. The Bertz CT molecular complexity index is 848. The van der Waals surface area contributed by atoms with E-state index in [1.54, 1.807) is 20.9 Å². The molecular formula is C17H20N4O5. The number of likely N-dealkylation sites (N-methyl/N-ethyl adjacent to an activating group) is 1. The molecule has 1 atom stereocenters. The minimum atomic E-state index is -0.479. The quantitative estimate of drug-likeness (QED) is 0.594. The number of carbonyl (C=O) groups excluding carboxylic acids is 1. The van der Waals surface area contributed by atoms with Crippen molar-refractivity contribution in [1.82, 2.24) is 14.7 Å². The van der Waals surface area contributed by atoms with E-state index in [-0.39, 0.29) is 24.2 Å². The Balaban J connectivity index is 1.62. The number of fused-ring (bicyclic) bond motifs is 1. The number of hydrogen-bond acceptors (Lipinski definition) is 6. The van der Waals surface area contributed by atoms with Crippen LogP contribution in [0.2, 0.25) is 0 Å². The standard InChI is InChI=1S/C17H20N4O5/c1-11-17(21(23)24)12(2)20(18-11)9-16(22)19(3)8-13-10-25-14-6-4-5-7-15(14)26-13/h4-7,13H,8-10H2,1-3H3. The lowest BCUT2D eigenvalue weighted by atomic mass is 10.2. The van der Waals surface area contributed by atoms with Gasteiger partial charge in [-0.3, -0.25) is 19.6 Å². The van der Waals surface area contributed by atoms with Gasteiger partial charge < -0.3 is 14.4 Å². The van der Waals surface area contributed by atoms with Crippen LogP contribution >= 0.6 is 0 Å². The van der Waals surface area contributed by atoms with Crippen LogP contribution in [-0.2, 0) is 11.3 Å². The predicted octanol–water partition coefficient (Wildman–Crippen LogP) is 1.71. The zero-order valence-electron chi connectivity index (χ0n) is 14.8. The van der Waals surface area contributed by atoms with Crippen molar-refractivity contribution < 1.29 is 19.2 Å². The summed E-state index contributed by atoms with van der Waals surface area (Å²) in [5, 5.41) is 15.2. The van der Waals surface area contributed by atoms with Crippen molar-refractivity contribution in [2.24, 2.45) is 0 Å². The maximum atomic E-state index is 12.5. The van der Waals surface area contributed by atoms with E-state index < -0.39 is 4.92 Å². The van der Waals surface area contributed by atoms with Crippen molar-refractivity contribution in [3.05, 3.63) is 45.8 Å². The number of ether oxygens (including phenoxy) is 2. The van der Waals surface area contributed by atoms with Crippen LogP contribution in [0.25, 0.3) is 0 Å². The zero-order valence-corrected chi connectivity index (χ0v) is 14.8. The summed E-state index contributed by atoms with van der Waals surface area (Å²) in [7, 11) is 1.66. The summed E-state index contributed by atoms with van der Waals surface area (Å²) in [6.45, 7) is 3.76. The van der Waals surface area contributed by atoms with Crippen LogP contribution in [-0.4, -0.2) is 51.8 Å². The third-order valence-electron chi connectivity index (χ3n) is 4.28. The Labute approximate surface area is 150 Å². The molecule has 0 radical (unpaired) electrons. The molecule has 9 heteroatoms. The SMILES string of the molecule is Cc1nn(CC(=O)N(C)CC2COc3ccccc3O2)c(C)c1[N+](=O)[O-]. The molecule has 0 saturated heterocycles. The number of benzene rings is 1. The van der Waals surface area contributed by atoms with Gasteiger partial charge in [0.1, 0.15) is 24.5 Å². The van der Waals surface area contributed by atoms with Crippen molar-refractivity contribution in [2.75, 3.05) is 20.2 Å². The number of nitrogens with zero attached hydrogens (tertiary/aromatic N) is 4. The van der Waals surface area contributed by atoms with E-state index in [0.717, 1.165) is 0 Å². The summed E-state index contributed by atoms with van der Waals surface area (Å²) in [5.41, 5.74) is 0.602. The first-order valence-electron chi connectivity index (χ1n) is 8.17. The van der Waals surface area contributed by atoms with Crippen LogP contribution in [0.15, 0.2) is 24.3 Å². The smallest absolute Gasteiger partial charge is 0.312 e. The molecular weight excluding hydrogens is 340 g/mol. The molecule has 0 fully saturated rings. The van der Waals surface area contributed by atoms with E-state index in [1.807, 2.05) is 24.3 Å². The molecule has 0 bridgehead atoms. The van der Waals surface area contributed by atoms with E-state index in [9.17, 15) is 14.9 Å². The molecule has 1 aromatic carbocycles. The highest BCUT2D eigenvalue weighted by Gasteiger charge is 2.26. The van der Waals surface area contributed by atoms with Gasteiger partial charge in [0.25, 0.3) is 0 Å². The molecule has 1 aliphatic heterocycles. The average Bonchev–Trinajstić information content (AvgIpc) is 2.88. The second kappa shape index (κ2) is 7.03. The van der Waals surface area contributed by atoms with E-state index in [2.05, 4.69) is 5.10 Å². The summed E-state index contributed by atoms with van der Waals surface area (Å²) in [6, 6.07) is 7.37. The topological polar surface area (TPSA) is 99.7 Å². The molecule has 1 aromatic heterocycles. The summed E-state index contributed by atoms with van der Waals surface area (Å²) >= 11 is 0. The van der Waals surface area contributed by atoms with Gasteiger partial charge in [0.2, 0.25) is 5.91 Å². The normalized spacial score (nSPS) is 15.6. The third-order valence-corrected chi connectivity index (χ3v) is 4.28. The van der Waals surface area contributed by atoms with Crippen LogP contribution < -0.4 is 9.47 Å². The highest BCUT2D eigenvalue weighted by molar-refractivity contribution is 5.75. The maximum absolute atomic E-state index is 12.5. The van der Waals surface area contributed by atoms with Crippen LogP contribution in [0.3, 0.4) is 0 Å². The second-order valence-corrected chi connectivity index (χ2v) is 6.21. The van der Waals surface area contributed by atoms with Gasteiger partial charge in [0.05, 0.1) is 11.5 Å². The number of aromatic nitrogens is 2. The Morgan fingerprint density at radius 1 is 1.38 bits per heavy atom. The van der Waals surface area contributed by atoms with Crippen molar-refractivity contribution in [1.29, 1.82) is 0 Å². The van der Waals surface area contributed by atoms with Crippen LogP contribution in [0.1, 0.15) is 11.4 Å². The summed E-state index contributed by atoms with van der Waals surface area (Å²) in [4.78, 5) is 24.6. The lowest BCUT2D eigenvalue weighted by Gasteiger charge is -2.29. The Hall–Kier alpha value is -3.10. The Kier molecular flexibility index (Phi) is 4.79. The van der Waals surface area contributed by atoms with Crippen LogP contribution in [0, 0.1) is 24.0 Å². The molecule has 1 aliphatic rings. The van der Waals surface area contributed by atoms with E-state index in [4.69, 9.17) is 9.47 Å². The number of nitro groups is 1. The van der Waals surface area contributed by atoms with Crippen molar-refractivity contribution in [3.8, 4) is 11.5 Å². The van der Waals surface area contributed by atoms with E-state index in [1.165, 1.54) is 9.58 Å². The van der Waals surface area contributed by atoms with Crippen molar-refractivity contribution in [2.45, 2.75) is 26.5 Å². The molecule has 26 heavy (non-hydrogen) atoms. The number of para-hydroxylation sites is 2. The Morgan fingerprint density at radius 2 is 2.08 bits per heavy atom. The molecule has 0 aliphatic carbocycles. The van der Waals surface area contributed by atoms with Crippen molar-refractivity contribution in [3.63, 3.8) is 0 Å². The van der Waals surface area contributed by atoms with Gasteiger partial charge in [0.15, 0.2) is 17.6 Å². The van der Waals surface area contributed by atoms with Gasteiger partial charge in [-0.1, -0.05) is 12.1 Å². The molecule has 1 amide bonds. The molecule has 3 rings (SSSR count). The largest absolute Gasteiger partial charge is 0.486 e. The lowest BCUT2D eigenvalue weighted by Crippen LogP contribution is -2.42. The zero-order chi connectivity index (χ0) is 18.8. The molecule has 1 unspecified atom stereocenters. The van der Waals surface area contributed by atoms with Gasteiger partial charge in [-0.2, -0.15) is 5.10 Å². The van der Waals surface area contributed by atoms with Gasteiger partial charge >= 0.3 is 5.69 Å². The first-order chi connectivity index (χ1) is 12.4. The number of amides is 1. The van der Waals surface area contributed by atoms with Crippen LogP contribution in [0.5, 0.6) is 11.5 Å². The average molecular weight is 360 g/mol. The maximum Gasteiger partial charge on any atom is 0.312 e.